The molecule has 0 bridgehead atoms. The van der Waals surface area contributed by atoms with Crippen molar-refractivity contribution in [2.24, 2.45) is 0 Å². The number of aromatic amines is 1. The lowest BCUT2D eigenvalue weighted by atomic mass is 10.2. The van der Waals surface area contributed by atoms with Gasteiger partial charge in [-0.25, -0.2) is 4.98 Å². The van der Waals surface area contributed by atoms with Gasteiger partial charge in [-0.3, -0.25) is 9.89 Å². The maximum absolute atomic E-state index is 11.9. The van der Waals surface area contributed by atoms with Crippen molar-refractivity contribution in [2.75, 3.05) is 13.7 Å². The second-order valence-corrected chi connectivity index (χ2v) is 4.59. The van der Waals surface area contributed by atoms with E-state index in [0.29, 0.717) is 25.4 Å². The Balaban J connectivity index is 1.73. The Morgan fingerprint density at radius 3 is 2.75 bits per heavy atom. The predicted octanol–water partition coefficient (Wildman–Crippen LogP) is 1.54. The van der Waals surface area contributed by atoms with Gasteiger partial charge in [-0.1, -0.05) is 17.7 Å². The lowest BCUT2D eigenvalue weighted by molar-refractivity contribution is -0.131. The number of nitrogens with one attached hydrogen (secondary N) is 1. The Kier molecular flexibility index (Phi) is 4.70. The van der Waals surface area contributed by atoms with Crippen LogP contribution < -0.4 is 4.74 Å². The smallest absolute Gasteiger partial charge is 0.226 e. The van der Waals surface area contributed by atoms with Crippen LogP contribution in [0.5, 0.6) is 5.75 Å². The van der Waals surface area contributed by atoms with Crippen LogP contribution in [0.2, 0.25) is 0 Å². The third-order valence-corrected chi connectivity index (χ3v) is 2.88. The van der Waals surface area contributed by atoms with E-state index in [1.807, 2.05) is 31.2 Å². The molecular formula is C14H18N4O2. The first-order valence-corrected chi connectivity index (χ1v) is 6.43. The van der Waals surface area contributed by atoms with Crippen molar-refractivity contribution in [2.45, 2.75) is 19.9 Å². The number of carbonyl (C=O) groups excluding carboxylic acids is 1. The van der Waals surface area contributed by atoms with E-state index >= 15 is 0 Å². The highest BCUT2D eigenvalue weighted by molar-refractivity contribution is 5.75. The zero-order valence-electron chi connectivity index (χ0n) is 11.7. The molecule has 6 heteroatoms. The number of aryl methyl sites for hydroxylation is 1. The van der Waals surface area contributed by atoms with Crippen LogP contribution in [-0.2, 0) is 11.3 Å². The largest absolute Gasteiger partial charge is 0.493 e. The standard InChI is InChI=1S/C14H18N4O2/c1-11-3-5-12(6-4-11)20-8-7-14(19)18(2)9-13-15-10-16-17-13/h3-6,10H,7-9H2,1-2H3,(H,15,16,17). The molecule has 0 aliphatic rings. The number of rotatable bonds is 6. The van der Waals surface area contributed by atoms with Gasteiger partial charge >= 0.3 is 0 Å². The zero-order chi connectivity index (χ0) is 14.4. The molecule has 2 rings (SSSR count). The number of carbonyl (C=O) groups is 1. The molecule has 1 N–H and O–H groups in total. The van der Waals surface area contributed by atoms with Gasteiger partial charge in [0.25, 0.3) is 0 Å². The van der Waals surface area contributed by atoms with Crippen LogP contribution >= 0.6 is 0 Å². The molecule has 0 atom stereocenters. The molecule has 0 aliphatic carbocycles. The highest BCUT2D eigenvalue weighted by atomic mass is 16.5. The first-order chi connectivity index (χ1) is 9.65. The Morgan fingerprint density at radius 1 is 1.35 bits per heavy atom. The van der Waals surface area contributed by atoms with Crippen LogP contribution in [0.4, 0.5) is 0 Å². The Bertz CT molecular complexity index is 537. The van der Waals surface area contributed by atoms with Crippen molar-refractivity contribution in [3.63, 3.8) is 0 Å². The molecule has 6 nitrogen and oxygen atoms in total. The minimum atomic E-state index is 0.00788. The molecule has 1 aromatic heterocycles. The van der Waals surface area contributed by atoms with E-state index in [-0.39, 0.29) is 5.91 Å². The third-order valence-electron chi connectivity index (χ3n) is 2.88. The van der Waals surface area contributed by atoms with Gasteiger partial charge < -0.3 is 9.64 Å². The molecule has 0 fully saturated rings. The van der Waals surface area contributed by atoms with Gasteiger partial charge in [0.15, 0.2) is 0 Å². The molecule has 1 heterocycles. The lowest BCUT2D eigenvalue weighted by Crippen LogP contribution is -2.28. The number of aromatic nitrogens is 3. The van der Waals surface area contributed by atoms with E-state index in [9.17, 15) is 4.79 Å². The van der Waals surface area contributed by atoms with Crippen molar-refractivity contribution in [3.8, 4) is 5.75 Å². The molecule has 0 saturated heterocycles. The molecule has 106 valence electrons. The van der Waals surface area contributed by atoms with Gasteiger partial charge in [0.05, 0.1) is 19.6 Å². The minimum absolute atomic E-state index is 0.00788. The molecule has 0 unspecified atom stereocenters. The highest BCUT2D eigenvalue weighted by Crippen LogP contribution is 2.11. The Labute approximate surface area is 117 Å². The SMILES string of the molecule is Cc1ccc(OCCC(=O)N(C)Cc2ncn[nH]2)cc1. The first kappa shape index (κ1) is 14.0. The van der Waals surface area contributed by atoms with E-state index in [4.69, 9.17) is 4.74 Å². The van der Waals surface area contributed by atoms with Gasteiger partial charge in [0.1, 0.15) is 17.9 Å². The van der Waals surface area contributed by atoms with E-state index in [2.05, 4.69) is 15.2 Å². The fraction of sp³-hybridized carbons (Fsp3) is 0.357. The van der Waals surface area contributed by atoms with E-state index in [0.717, 1.165) is 5.75 Å². The van der Waals surface area contributed by atoms with Crippen molar-refractivity contribution >= 4 is 5.91 Å². The number of benzene rings is 1. The average molecular weight is 274 g/mol. The molecule has 2 aromatic rings. The monoisotopic (exact) mass is 274 g/mol. The lowest BCUT2D eigenvalue weighted by Gasteiger charge is -2.15. The number of nitrogens with zero attached hydrogens (tertiary/aromatic N) is 3. The maximum Gasteiger partial charge on any atom is 0.226 e. The van der Waals surface area contributed by atoms with Gasteiger partial charge in [-0.2, -0.15) is 5.10 Å². The van der Waals surface area contributed by atoms with Crippen LogP contribution in [-0.4, -0.2) is 39.6 Å². The summed E-state index contributed by atoms with van der Waals surface area (Å²) in [7, 11) is 1.73. The normalized spacial score (nSPS) is 10.3. The molecule has 0 aliphatic heterocycles. The molecule has 0 spiro atoms. The summed E-state index contributed by atoms with van der Waals surface area (Å²) in [5, 5.41) is 6.47. The topological polar surface area (TPSA) is 71.1 Å². The summed E-state index contributed by atoms with van der Waals surface area (Å²) in [6.07, 6.45) is 1.76. The third kappa shape index (κ3) is 4.08. The van der Waals surface area contributed by atoms with Crippen LogP contribution in [0.15, 0.2) is 30.6 Å². The second-order valence-electron chi connectivity index (χ2n) is 4.59. The Morgan fingerprint density at radius 2 is 2.10 bits per heavy atom. The number of hydrogen-bond acceptors (Lipinski definition) is 4. The van der Waals surface area contributed by atoms with E-state index in [1.54, 1.807) is 11.9 Å². The summed E-state index contributed by atoms with van der Waals surface area (Å²) in [5.74, 6) is 1.45. The fourth-order valence-corrected chi connectivity index (χ4v) is 1.70. The summed E-state index contributed by atoms with van der Waals surface area (Å²) in [4.78, 5) is 17.5. The fourth-order valence-electron chi connectivity index (χ4n) is 1.70. The highest BCUT2D eigenvalue weighted by Gasteiger charge is 2.10. The van der Waals surface area contributed by atoms with Gasteiger partial charge in [0, 0.05) is 7.05 Å². The van der Waals surface area contributed by atoms with E-state index < -0.39 is 0 Å². The second kappa shape index (κ2) is 6.70. The van der Waals surface area contributed by atoms with Crippen LogP contribution in [0.1, 0.15) is 17.8 Å². The quantitative estimate of drug-likeness (QED) is 0.867. The van der Waals surface area contributed by atoms with Crippen molar-refractivity contribution in [1.29, 1.82) is 0 Å². The molecule has 1 amide bonds. The molecule has 0 radical (unpaired) electrons. The van der Waals surface area contributed by atoms with Crippen LogP contribution in [0.25, 0.3) is 0 Å². The number of amides is 1. The van der Waals surface area contributed by atoms with Crippen LogP contribution in [0.3, 0.4) is 0 Å². The number of H-pyrrole nitrogens is 1. The maximum atomic E-state index is 11.9. The van der Waals surface area contributed by atoms with E-state index in [1.165, 1.54) is 11.9 Å². The predicted molar refractivity (Wildman–Crippen MR) is 74.1 cm³/mol. The minimum Gasteiger partial charge on any atom is -0.493 e. The summed E-state index contributed by atoms with van der Waals surface area (Å²) in [6, 6.07) is 7.76. The Hall–Kier alpha value is -2.37. The van der Waals surface area contributed by atoms with Gasteiger partial charge in [0.2, 0.25) is 5.91 Å². The van der Waals surface area contributed by atoms with Gasteiger partial charge in [-0.15, -0.1) is 0 Å². The number of ether oxygens (including phenoxy) is 1. The molecular weight excluding hydrogens is 256 g/mol. The molecule has 1 aromatic carbocycles. The number of hydrogen-bond donors (Lipinski definition) is 1. The summed E-state index contributed by atoms with van der Waals surface area (Å²) >= 11 is 0. The van der Waals surface area contributed by atoms with Crippen molar-refractivity contribution < 1.29 is 9.53 Å². The van der Waals surface area contributed by atoms with Crippen LogP contribution in [0, 0.1) is 6.92 Å². The molecule has 0 saturated carbocycles. The average Bonchev–Trinajstić information content (AvgIpc) is 2.93. The summed E-state index contributed by atoms with van der Waals surface area (Å²) in [5.41, 5.74) is 1.18. The zero-order valence-corrected chi connectivity index (χ0v) is 11.7. The van der Waals surface area contributed by atoms with Crippen molar-refractivity contribution in [1.82, 2.24) is 20.1 Å². The van der Waals surface area contributed by atoms with Crippen molar-refractivity contribution in [3.05, 3.63) is 42.0 Å². The molecule has 20 heavy (non-hydrogen) atoms. The summed E-state index contributed by atoms with van der Waals surface area (Å²) < 4.78 is 5.53. The van der Waals surface area contributed by atoms with Gasteiger partial charge in [-0.05, 0) is 19.1 Å². The summed E-state index contributed by atoms with van der Waals surface area (Å²) in [6.45, 7) is 2.80. The first-order valence-electron chi connectivity index (χ1n) is 6.43.